The van der Waals surface area contributed by atoms with E-state index in [-0.39, 0.29) is 11.2 Å². The minimum absolute atomic E-state index is 0.00574. The summed E-state index contributed by atoms with van der Waals surface area (Å²) in [6.07, 6.45) is 4.29. The number of aryl methyl sites for hydroxylation is 2. The fourth-order valence-electron chi connectivity index (χ4n) is 4.98. The van der Waals surface area contributed by atoms with Crippen LogP contribution >= 0.6 is 11.3 Å². The van der Waals surface area contributed by atoms with Gasteiger partial charge in [0.1, 0.15) is 10.7 Å². The molecule has 0 bridgehead atoms. The maximum absolute atomic E-state index is 12.8. The van der Waals surface area contributed by atoms with E-state index in [0.717, 1.165) is 42.6 Å². The Hall–Kier alpha value is -3.15. The molecule has 0 amide bonds. The second-order valence-corrected chi connectivity index (χ2v) is 10.1. The number of nitro groups is 1. The molecule has 1 aliphatic carbocycles. The van der Waals surface area contributed by atoms with Crippen molar-refractivity contribution in [1.82, 2.24) is 19.8 Å². The summed E-state index contributed by atoms with van der Waals surface area (Å²) in [5, 5.41) is 12.3. The zero-order valence-electron chi connectivity index (χ0n) is 19.5. The third kappa shape index (κ3) is 4.84. The van der Waals surface area contributed by atoms with Gasteiger partial charge in [0.05, 0.1) is 29.5 Å². The highest BCUT2D eigenvalue weighted by atomic mass is 32.1. The van der Waals surface area contributed by atoms with E-state index in [1.54, 1.807) is 17.4 Å². The topological polar surface area (TPSA) is 122 Å². The van der Waals surface area contributed by atoms with Crippen molar-refractivity contribution >= 4 is 33.2 Å². The SMILES string of the molecule is COC(=O)c1ccc([N+](=O)[O-])c(CN2CCN(Cc3nc4sc5c(c4c(=O)[nH]3)CCCC5)CC2)c1. The summed E-state index contributed by atoms with van der Waals surface area (Å²) in [7, 11) is 1.29. The van der Waals surface area contributed by atoms with Gasteiger partial charge in [0.15, 0.2) is 0 Å². The first kappa shape index (κ1) is 23.6. The van der Waals surface area contributed by atoms with Gasteiger partial charge in [0.25, 0.3) is 11.2 Å². The Morgan fingerprint density at radius 1 is 1.17 bits per heavy atom. The number of esters is 1. The number of ether oxygens (including phenoxy) is 1. The highest BCUT2D eigenvalue weighted by Crippen LogP contribution is 2.33. The number of thiophene rings is 1. The van der Waals surface area contributed by atoms with Crippen LogP contribution in [0.2, 0.25) is 0 Å². The summed E-state index contributed by atoms with van der Waals surface area (Å²) in [6.45, 7) is 3.83. The zero-order chi connectivity index (χ0) is 24.5. The van der Waals surface area contributed by atoms with Crippen LogP contribution in [0.4, 0.5) is 5.69 Å². The molecule has 10 nitrogen and oxygen atoms in total. The molecule has 0 saturated carbocycles. The van der Waals surface area contributed by atoms with Crippen molar-refractivity contribution < 1.29 is 14.5 Å². The van der Waals surface area contributed by atoms with Gasteiger partial charge in [-0.1, -0.05) is 0 Å². The van der Waals surface area contributed by atoms with Gasteiger partial charge in [-0.25, -0.2) is 9.78 Å². The summed E-state index contributed by atoms with van der Waals surface area (Å²) in [4.78, 5) is 50.0. The van der Waals surface area contributed by atoms with E-state index >= 15 is 0 Å². The van der Waals surface area contributed by atoms with Crippen LogP contribution in [0.5, 0.6) is 0 Å². The van der Waals surface area contributed by atoms with Crippen molar-refractivity contribution in [3.05, 3.63) is 66.1 Å². The Morgan fingerprint density at radius 2 is 1.89 bits per heavy atom. The lowest BCUT2D eigenvalue weighted by Crippen LogP contribution is -2.45. The van der Waals surface area contributed by atoms with Gasteiger partial charge in [-0.05, 0) is 43.4 Å². The number of hydrogen-bond acceptors (Lipinski definition) is 9. The van der Waals surface area contributed by atoms with E-state index in [9.17, 15) is 19.7 Å². The number of benzene rings is 1. The number of H-pyrrole nitrogens is 1. The van der Waals surface area contributed by atoms with Crippen molar-refractivity contribution in [3.8, 4) is 0 Å². The highest BCUT2D eigenvalue weighted by molar-refractivity contribution is 7.18. The molecular weight excluding hydrogens is 470 g/mol. The molecule has 3 heterocycles. The number of fused-ring (bicyclic) bond motifs is 3. The summed E-state index contributed by atoms with van der Waals surface area (Å²) >= 11 is 1.65. The highest BCUT2D eigenvalue weighted by Gasteiger charge is 2.24. The fraction of sp³-hybridized carbons (Fsp3) is 0.458. The molecular formula is C24H27N5O5S. The molecule has 1 N–H and O–H groups in total. The average molecular weight is 498 g/mol. The number of nitrogens with zero attached hydrogens (tertiary/aromatic N) is 4. The molecule has 0 atom stereocenters. The molecule has 2 aliphatic rings. The van der Waals surface area contributed by atoms with E-state index in [4.69, 9.17) is 9.72 Å². The third-order valence-electron chi connectivity index (χ3n) is 6.80. The van der Waals surface area contributed by atoms with Gasteiger partial charge in [-0.15, -0.1) is 11.3 Å². The van der Waals surface area contributed by atoms with Crippen LogP contribution in [-0.4, -0.2) is 63.9 Å². The van der Waals surface area contributed by atoms with Crippen molar-refractivity contribution in [2.24, 2.45) is 0 Å². The smallest absolute Gasteiger partial charge is 0.337 e. The minimum atomic E-state index is -0.518. The number of rotatable bonds is 6. The van der Waals surface area contributed by atoms with Gasteiger partial charge < -0.3 is 9.72 Å². The Morgan fingerprint density at radius 3 is 2.60 bits per heavy atom. The molecule has 35 heavy (non-hydrogen) atoms. The summed E-state index contributed by atoms with van der Waals surface area (Å²) < 4.78 is 4.75. The lowest BCUT2D eigenvalue weighted by molar-refractivity contribution is -0.385. The molecule has 1 saturated heterocycles. The molecule has 11 heteroatoms. The Balaban J connectivity index is 1.25. The van der Waals surface area contributed by atoms with Crippen molar-refractivity contribution in [1.29, 1.82) is 0 Å². The van der Waals surface area contributed by atoms with E-state index < -0.39 is 10.9 Å². The molecule has 3 aromatic rings. The Labute approximate surface area is 205 Å². The summed E-state index contributed by atoms with van der Waals surface area (Å²) in [5.74, 6) is 0.159. The van der Waals surface area contributed by atoms with Crippen molar-refractivity contribution in [2.75, 3.05) is 33.3 Å². The third-order valence-corrected chi connectivity index (χ3v) is 7.99. The van der Waals surface area contributed by atoms with Crippen LogP contribution in [0.3, 0.4) is 0 Å². The van der Waals surface area contributed by atoms with Crippen LogP contribution in [0.15, 0.2) is 23.0 Å². The fourth-order valence-corrected chi connectivity index (χ4v) is 6.26. The number of carbonyl (C=O) groups excluding carboxylic acids is 1. The van der Waals surface area contributed by atoms with E-state index in [1.807, 2.05) is 0 Å². The van der Waals surface area contributed by atoms with Crippen LogP contribution < -0.4 is 5.56 Å². The van der Waals surface area contributed by atoms with Crippen molar-refractivity contribution in [3.63, 3.8) is 0 Å². The first-order chi connectivity index (χ1) is 16.9. The summed E-state index contributed by atoms with van der Waals surface area (Å²) in [5.41, 5.74) is 1.93. The lowest BCUT2D eigenvalue weighted by Gasteiger charge is -2.34. The zero-order valence-corrected chi connectivity index (χ0v) is 20.4. The van der Waals surface area contributed by atoms with Gasteiger partial charge in [-0.2, -0.15) is 0 Å². The second-order valence-electron chi connectivity index (χ2n) is 9.05. The predicted molar refractivity (Wildman–Crippen MR) is 132 cm³/mol. The maximum Gasteiger partial charge on any atom is 0.337 e. The lowest BCUT2D eigenvalue weighted by atomic mass is 9.97. The van der Waals surface area contributed by atoms with E-state index in [1.165, 1.54) is 36.1 Å². The number of piperazine rings is 1. The summed E-state index contributed by atoms with van der Waals surface area (Å²) in [6, 6.07) is 4.32. The van der Waals surface area contributed by atoms with Crippen LogP contribution in [0.25, 0.3) is 10.2 Å². The Bertz CT molecular complexity index is 1340. The molecule has 5 rings (SSSR count). The largest absolute Gasteiger partial charge is 0.465 e. The second kappa shape index (κ2) is 9.84. The van der Waals surface area contributed by atoms with Gasteiger partial charge in [-0.3, -0.25) is 24.7 Å². The molecule has 1 aliphatic heterocycles. The number of aromatic amines is 1. The van der Waals surface area contributed by atoms with Gasteiger partial charge >= 0.3 is 5.97 Å². The normalized spacial score (nSPS) is 16.8. The maximum atomic E-state index is 12.8. The first-order valence-electron chi connectivity index (χ1n) is 11.8. The number of hydrogen-bond donors (Lipinski definition) is 1. The van der Waals surface area contributed by atoms with E-state index in [0.29, 0.717) is 43.1 Å². The molecule has 0 spiro atoms. The first-order valence-corrected chi connectivity index (χ1v) is 12.6. The minimum Gasteiger partial charge on any atom is -0.465 e. The van der Waals surface area contributed by atoms with Crippen molar-refractivity contribution in [2.45, 2.75) is 38.8 Å². The monoisotopic (exact) mass is 497 g/mol. The molecule has 2 aromatic heterocycles. The number of methoxy groups -OCH3 is 1. The van der Waals surface area contributed by atoms with Crippen LogP contribution in [0, 0.1) is 10.1 Å². The molecule has 1 fully saturated rings. The number of nitro benzene ring substituents is 1. The average Bonchev–Trinajstić information content (AvgIpc) is 3.23. The van der Waals surface area contributed by atoms with Crippen LogP contribution in [0.1, 0.15) is 45.0 Å². The van der Waals surface area contributed by atoms with Gasteiger partial charge in [0, 0.05) is 49.2 Å². The predicted octanol–water partition coefficient (Wildman–Crippen LogP) is 2.88. The van der Waals surface area contributed by atoms with E-state index in [2.05, 4.69) is 14.8 Å². The molecule has 0 unspecified atom stereocenters. The quantitative estimate of drug-likeness (QED) is 0.313. The van der Waals surface area contributed by atoms with Crippen LogP contribution in [-0.2, 0) is 30.7 Å². The number of aromatic nitrogens is 2. The standard InChI is InChI=1S/C24H27N5O5S/c1-34-24(31)15-6-7-18(29(32)33)16(12-15)13-27-8-10-28(11-9-27)14-20-25-22(30)21-17-4-2-3-5-19(17)35-23(21)26-20/h6-7,12H,2-5,8-11,13-14H2,1H3,(H,25,26,30). The molecule has 184 valence electrons. The number of nitrogens with one attached hydrogen (secondary N) is 1. The molecule has 1 aromatic carbocycles. The number of carbonyl (C=O) groups is 1. The Kier molecular flexibility index (Phi) is 6.63. The molecule has 0 radical (unpaired) electrons. The van der Waals surface area contributed by atoms with Gasteiger partial charge in [0.2, 0.25) is 0 Å².